The van der Waals surface area contributed by atoms with Crippen LogP contribution in [-0.2, 0) is 6.54 Å². The van der Waals surface area contributed by atoms with E-state index in [1.54, 1.807) is 24.1 Å². The fraction of sp³-hybridized carbons (Fsp3) is 0.158. The van der Waals surface area contributed by atoms with Crippen molar-refractivity contribution in [2.45, 2.75) is 18.4 Å². The van der Waals surface area contributed by atoms with Gasteiger partial charge in [-0.15, -0.1) is 12.6 Å². The number of aryl methyl sites for hydroxylation is 1. The van der Waals surface area contributed by atoms with Crippen LogP contribution in [0.4, 0.5) is 0 Å². The van der Waals surface area contributed by atoms with Gasteiger partial charge >= 0.3 is 0 Å². The van der Waals surface area contributed by atoms with E-state index < -0.39 is 0 Å². The number of methoxy groups -OCH3 is 1. The summed E-state index contributed by atoms with van der Waals surface area (Å²) < 4.78 is 6.83. The van der Waals surface area contributed by atoms with E-state index >= 15 is 0 Å². The third kappa shape index (κ3) is 2.68. The van der Waals surface area contributed by atoms with Gasteiger partial charge in [0.15, 0.2) is 0 Å². The molecule has 5 nitrogen and oxygen atoms in total. The highest BCUT2D eigenvalue weighted by molar-refractivity contribution is 7.80. The quantitative estimate of drug-likeness (QED) is 0.555. The standard InChI is InChI=1S/C19H17N3O2S/c1-11-7-14-16-15(25)10-22(9-12-3-5-13(24-2)6-4-12)19(23)17(16)21-18(14)20-8-11/h3-8,10,25H,9H2,1-2H3,(H,20,21). The number of pyridine rings is 2. The molecule has 0 radical (unpaired) electrons. The number of aromatic nitrogens is 3. The SMILES string of the molecule is COc1ccc(Cn2cc(S)c3c([nH]c4ncc(C)cc43)c2=O)cc1. The first-order valence-electron chi connectivity index (χ1n) is 7.90. The van der Waals surface area contributed by atoms with Crippen molar-refractivity contribution in [3.8, 4) is 5.75 Å². The van der Waals surface area contributed by atoms with Gasteiger partial charge in [-0.25, -0.2) is 4.98 Å². The molecule has 3 aromatic heterocycles. The van der Waals surface area contributed by atoms with E-state index in [1.807, 2.05) is 37.3 Å². The van der Waals surface area contributed by atoms with E-state index in [-0.39, 0.29) is 5.56 Å². The maximum atomic E-state index is 12.9. The summed E-state index contributed by atoms with van der Waals surface area (Å²) in [6, 6.07) is 9.69. The lowest BCUT2D eigenvalue weighted by molar-refractivity contribution is 0.414. The summed E-state index contributed by atoms with van der Waals surface area (Å²) in [6.07, 6.45) is 3.57. The summed E-state index contributed by atoms with van der Waals surface area (Å²) in [5.41, 5.74) is 3.21. The summed E-state index contributed by atoms with van der Waals surface area (Å²) in [7, 11) is 1.63. The van der Waals surface area contributed by atoms with Crippen molar-refractivity contribution in [2.24, 2.45) is 0 Å². The molecule has 3 heterocycles. The van der Waals surface area contributed by atoms with Crippen LogP contribution >= 0.6 is 12.6 Å². The number of H-pyrrole nitrogens is 1. The Labute approximate surface area is 149 Å². The third-order valence-corrected chi connectivity index (χ3v) is 4.65. The van der Waals surface area contributed by atoms with Gasteiger partial charge < -0.3 is 14.3 Å². The lowest BCUT2D eigenvalue weighted by Gasteiger charge is -2.09. The molecule has 0 fully saturated rings. The van der Waals surface area contributed by atoms with Crippen molar-refractivity contribution < 1.29 is 4.74 Å². The summed E-state index contributed by atoms with van der Waals surface area (Å²) in [5.74, 6) is 0.790. The first-order valence-corrected chi connectivity index (χ1v) is 8.35. The third-order valence-electron chi connectivity index (χ3n) is 4.31. The average molecular weight is 351 g/mol. The van der Waals surface area contributed by atoms with E-state index in [0.717, 1.165) is 32.5 Å². The maximum Gasteiger partial charge on any atom is 0.275 e. The molecule has 4 aromatic rings. The summed E-state index contributed by atoms with van der Waals surface area (Å²) in [5, 5.41) is 1.75. The number of ether oxygens (including phenoxy) is 1. The molecule has 4 rings (SSSR count). The number of fused-ring (bicyclic) bond motifs is 3. The molecule has 25 heavy (non-hydrogen) atoms. The largest absolute Gasteiger partial charge is 0.497 e. The van der Waals surface area contributed by atoms with Crippen molar-refractivity contribution in [3.63, 3.8) is 0 Å². The molecule has 0 saturated heterocycles. The number of nitrogens with one attached hydrogen (secondary N) is 1. The molecule has 1 aromatic carbocycles. The van der Waals surface area contributed by atoms with Crippen LogP contribution in [-0.4, -0.2) is 21.6 Å². The highest BCUT2D eigenvalue weighted by Gasteiger charge is 2.14. The second-order valence-electron chi connectivity index (χ2n) is 6.08. The number of benzene rings is 1. The lowest BCUT2D eigenvalue weighted by atomic mass is 10.2. The van der Waals surface area contributed by atoms with E-state index in [4.69, 9.17) is 4.74 Å². The summed E-state index contributed by atoms with van der Waals surface area (Å²) in [4.78, 5) is 21.2. The molecule has 6 heteroatoms. The number of thiol groups is 1. The lowest BCUT2D eigenvalue weighted by Crippen LogP contribution is -2.20. The molecule has 0 bridgehead atoms. The topological polar surface area (TPSA) is 59.9 Å². The second-order valence-corrected chi connectivity index (χ2v) is 6.56. The van der Waals surface area contributed by atoms with Crippen LogP contribution < -0.4 is 10.3 Å². The highest BCUT2D eigenvalue weighted by atomic mass is 32.1. The Morgan fingerprint density at radius 2 is 2.04 bits per heavy atom. The van der Waals surface area contributed by atoms with Gasteiger partial charge in [-0.05, 0) is 36.2 Å². The minimum Gasteiger partial charge on any atom is -0.497 e. The Morgan fingerprint density at radius 3 is 2.76 bits per heavy atom. The molecule has 0 aliphatic rings. The molecule has 1 N–H and O–H groups in total. The first kappa shape index (κ1) is 15.8. The Hall–Kier alpha value is -2.73. The van der Waals surface area contributed by atoms with E-state index in [1.165, 1.54) is 0 Å². The average Bonchev–Trinajstić information content (AvgIpc) is 2.99. The molecular weight excluding hydrogens is 334 g/mol. The van der Waals surface area contributed by atoms with Crippen LogP contribution in [0.1, 0.15) is 11.1 Å². The van der Waals surface area contributed by atoms with Gasteiger partial charge in [-0.3, -0.25) is 4.79 Å². The van der Waals surface area contributed by atoms with Gasteiger partial charge in [-0.2, -0.15) is 0 Å². The maximum absolute atomic E-state index is 12.9. The van der Waals surface area contributed by atoms with Crippen LogP contribution in [0.3, 0.4) is 0 Å². The van der Waals surface area contributed by atoms with Crippen LogP contribution in [0, 0.1) is 6.92 Å². The molecule has 0 aliphatic heterocycles. The molecule has 0 unspecified atom stereocenters. The molecule has 0 aliphatic carbocycles. The van der Waals surface area contributed by atoms with Crippen LogP contribution in [0.5, 0.6) is 5.75 Å². The summed E-state index contributed by atoms with van der Waals surface area (Å²) in [6.45, 7) is 2.45. The smallest absolute Gasteiger partial charge is 0.275 e. The molecule has 0 amide bonds. The molecule has 126 valence electrons. The van der Waals surface area contributed by atoms with E-state index in [2.05, 4.69) is 22.6 Å². The van der Waals surface area contributed by atoms with Crippen LogP contribution in [0.15, 0.2) is 52.4 Å². The highest BCUT2D eigenvalue weighted by Crippen LogP contribution is 2.28. The number of rotatable bonds is 3. The number of hydrogen-bond donors (Lipinski definition) is 2. The number of aromatic amines is 1. The number of nitrogens with zero attached hydrogens (tertiary/aromatic N) is 2. The minimum atomic E-state index is -0.0840. The van der Waals surface area contributed by atoms with Gasteiger partial charge in [-0.1, -0.05) is 12.1 Å². The van der Waals surface area contributed by atoms with Gasteiger partial charge in [0.05, 0.1) is 13.7 Å². The zero-order valence-electron chi connectivity index (χ0n) is 13.9. The number of hydrogen-bond acceptors (Lipinski definition) is 4. The molecular formula is C19H17N3O2S. The Morgan fingerprint density at radius 1 is 1.28 bits per heavy atom. The van der Waals surface area contributed by atoms with E-state index in [9.17, 15) is 4.79 Å². The Kier molecular flexibility index (Phi) is 3.77. The fourth-order valence-corrected chi connectivity index (χ4v) is 3.43. The summed E-state index contributed by atoms with van der Waals surface area (Å²) >= 11 is 4.61. The monoisotopic (exact) mass is 351 g/mol. The Bertz CT molecular complexity index is 1140. The van der Waals surface area contributed by atoms with Crippen LogP contribution in [0.25, 0.3) is 21.9 Å². The van der Waals surface area contributed by atoms with Gasteiger partial charge in [0.2, 0.25) is 0 Å². The van der Waals surface area contributed by atoms with Crippen LogP contribution in [0.2, 0.25) is 0 Å². The molecule has 0 atom stereocenters. The molecule has 0 spiro atoms. The first-order chi connectivity index (χ1) is 12.1. The van der Waals surface area contributed by atoms with Crippen molar-refractivity contribution in [1.82, 2.24) is 14.5 Å². The zero-order valence-corrected chi connectivity index (χ0v) is 14.8. The van der Waals surface area contributed by atoms with Gasteiger partial charge in [0, 0.05) is 28.1 Å². The van der Waals surface area contributed by atoms with Gasteiger partial charge in [0.1, 0.15) is 16.9 Å². The van der Waals surface area contributed by atoms with Crippen molar-refractivity contribution in [1.29, 1.82) is 0 Å². The molecule has 0 saturated carbocycles. The van der Waals surface area contributed by atoms with E-state index in [0.29, 0.717) is 17.7 Å². The van der Waals surface area contributed by atoms with Crippen molar-refractivity contribution in [2.75, 3.05) is 7.11 Å². The van der Waals surface area contributed by atoms with Gasteiger partial charge in [0.25, 0.3) is 5.56 Å². The predicted molar refractivity (Wildman–Crippen MR) is 102 cm³/mol. The zero-order chi connectivity index (χ0) is 17.6. The Balaban J connectivity index is 1.86. The predicted octanol–water partition coefficient (Wildman–Crippen LogP) is 3.53. The fourth-order valence-electron chi connectivity index (χ4n) is 3.06. The van der Waals surface area contributed by atoms with Crippen molar-refractivity contribution in [3.05, 3.63) is 64.2 Å². The van der Waals surface area contributed by atoms with Crippen molar-refractivity contribution >= 4 is 34.6 Å². The minimum absolute atomic E-state index is 0.0840. The second kappa shape index (κ2) is 5.97. The normalized spacial score (nSPS) is 11.3.